The van der Waals surface area contributed by atoms with Crippen molar-refractivity contribution < 1.29 is 14.3 Å². The highest BCUT2D eigenvalue weighted by atomic mass is 16.5. The third-order valence-corrected chi connectivity index (χ3v) is 3.76. The van der Waals surface area contributed by atoms with Crippen molar-refractivity contribution in [3.63, 3.8) is 0 Å². The van der Waals surface area contributed by atoms with Crippen LogP contribution in [0, 0.1) is 16.7 Å². The Hall–Kier alpha value is -2.22. The van der Waals surface area contributed by atoms with E-state index in [2.05, 4.69) is 11.4 Å². The van der Waals surface area contributed by atoms with E-state index >= 15 is 0 Å². The molecule has 0 radical (unpaired) electrons. The predicted molar refractivity (Wildman–Crippen MR) is 80.0 cm³/mol. The summed E-state index contributed by atoms with van der Waals surface area (Å²) in [6.45, 7) is 4.05. The summed E-state index contributed by atoms with van der Waals surface area (Å²) in [5, 5.41) is 12.1. The number of methoxy groups -OCH3 is 2. The van der Waals surface area contributed by atoms with Gasteiger partial charge in [-0.1, -0.05) is 19.9 Å². The lowest BCUT2D eigenvalue weighted by molar-refractivity contribution is -0.128. The topological polar surface area (TPSA) is 71.4 Å². The van der Waals surface area contributed by atoms with Crippen LogP contribution in [-0.4, -0.2) is 20.1 Å². The predicted octanol–water partition coefficient (Wildman–Crippen LogP) is 2.65. The molecule has 21 heavy (non-hydrogen) atoms. The fraction of sp³-hybridized carbons (Fsp3) is 0.500. The lowest BCUT2D eigenvalue weighted by Crippen LogP contribution is -2.39. The highest BCUT2D eigenvalue weighted by molar-refractivity contribution is 5.85. The molecule has 0 atom stereocenters. The molecule has 0 aliphatic heterocycles. The lowest BCUT2D eigenvalue weighted by Gasteiger charge is -2.22. The Morgan fingerprint density at radius 3 is 2.33 bits per heavy atom. The van der Waals surface area contributed by atoms with Crippen molar-refractivity contribution in [2.75, 3.05) is 14.2 Å². The summed E-state index contributed by atoms with van der Waals surface area (Å²) in [4.78, 5) is 12.2. The van der Waals surface area contributed by atoms with Crippen molar-refractivity contribution in [2.45, 2.75) is 33.2 Å². The van der Waals surface area contributed by atoms with Gasteiger partial charge >= 0.3 is 0 Å². The van der Waals surface area contributed by atoms with Crippen molar-refractivity contribution in [3.05, 3.63) is 23.8 Å². The Balaban J connectivity index is 2.80. The summed E-state index contributed by atoms with van der Waals surface area (Å²) in [7, 11) is 3.14. The number of hydrogen-bond acceptors (Lipinski definition) is 4. The number of benzene rings is 1. The highest BCUT2D eigenvalue weighted by Gasteiger charge is 2.34. The van der Waals surface area contributed by atoms with Crippen LogP contribution in [0.3, 0.4) is 0 Å². The van der Waals surface area contributed by atoms with E-state index < -0.39 is 5.41 Å². The smallest absolute Gasteiger partial charge is 0.240 e. The Morgan fingerprint density at radius 1 is 1.24 bits per heavy atom. The molecule has 0 bridgehead atoms. The standard InChI is InChI=1S/C16H22N2O3/c1-5-16(6-2,11-17)15(19)18-10-12-7-8-13(20-3)14(9-12)21-4/h7-9H,5-6,10H2,1-4H3,(H,18,19). The third-order valence-electron chi connectivity index (χ3n) is 3.76. The quantitative estimate of drug-likeness (QED) is 0.838. The van der Waals surface area contributed by atoms with Crippen LogP contribution >= 0.6 is 0 Å². The molecule has 0 unspecified atom stereocenters. The molecular weight excluding hydrogens is 268 g/mol. The van der Waals surface area contributed by atoms with Crippen molar-refractivity contribution in [1.29, 1.82) is 5.26 Å². The van der Waals surface area contributed by atoms with E-state index in [0.717, 1.165) is 5.56 Å². The van der Waals surface area contributed by atoms with E-state index in [1.807, 2.05) is 26.0 Å². The summed E-state index contributed by atoms with van der Waals surface area (Å²) >= 11 is 0. The van der Waals surface area contributed by atoms with Gasteiger partial charge in [0.05, 0.1) is 20.3 Å². The van der Waals surface area contributed by atoms with Crippen LogP contribution in [0.5, 0.6) is 11.5 Å². The summed E-state index contributed by atoms with van der Waals surface area (Å²) in [5.41, 5.74) is -0.0589. The number of amides is 1. The lowest BCUT2D eigenvalue weighted by atomic mass is 9.83. The molecule has 1 amide bonds. The molecule has 1 aromatic rings. The van der Waals surface area contributed by atoms with Crippen LogP contribution in [0.15, 0.2) is 18.2 Å². The molecule has 5 heteroatoms. The molecule has 0 fully saturated rings. The van der Waals surface area contributed by atoms with Crippen LogP contribution in [0.1, 0.15) is 32.3 Å². The maximum atomic E-state index is 12.2. The monoisotopic (exact) mass is 290 g/mol. The first kappa shape index (κ1) is 16.8. The number of nitrogens with zero attached hydrogens (tertiary/aromatic N) is 1. The molecule has 0 saturated carbocycles. The first-order valence-electron chi connectivity index (χ1n) is 6.97. The summed E-state index contributed by atoms with van der Waals surface area (Å²) in [5.74, 6) is 1.02. The van der Waals surface area contributed by atoms with Gasteiger partial charge in [0.25, 0.3) is 0 Å². The molecule has 114 valence electrons. The van der Waals surface area contributed by atoms with Crippen LogP contribution in [0.4, 0.5) is 0 Å². The van der Waals surface area contributed by atoms with Crippen LogP contribution in [-0.2, 0) is 11.3 Å². The van der Waals surface area contributed by atoms with Gasteiger partial charge in [0.1, 0.15) is 5.41 Å². The van der Waals surface area contributed by atoms with Crippen molar-refractivity contribution in [3.8, 4) is 17.6 Å². The maximum absolute atomic E-state index is 12.2. The number of carbonyl (C=O) groups excluding carboxylic acids is 1. The Morgan fingerprint density at radius 2 is 1.86 bits per heavy atom. The van der Waals surface area contributed by atoms with Crippen LogP contribution in [0.25, 0.3) is 0 Å². The van der Waals surface area contributed by atoms with E-state index in [1.54, 1.807) is 20.3 Å². The summed E-state index contributed by atoms with van der Waals surface area (Å²) in [6.07, 6.45) is 0.996. The summed E-state index contributed by atoms with van der Waals surface area (Å²) in [6, 6.07) is 7.59. The van der Waals surface area contributed by atoms with E-state index in [9.17, 15) is 10.1 Å². The average molecular weight is 290 g/mol. The second-order valence-electron chi connectivity index (χ2n) is 4.77. The Kier molecular flexibility index (Phi) is 6.04. The fourth-order valence-electron chi connectivity index (χ4n) is 2.12. The minimum Gasteiger partial charge on any atom is -0.493 e. The third kappa shape index (κ3) is 3.66. The van der Waals surface area contributed by atoms with Gasteiger partial charge in [-0.05, 0) is 30.5 Å². The number of nitriles is 1. The molecule has 0 spiro atoms. The van der Waals surface area contributed by atoms with E-state index in [0.29, 0.717) is 30.9 Å². The van der Waals surface area contributed by atoms with Crippen molar-refractivity contribution in [2.24, 2.45) is 5.41 Å². The molecule has 1 N–H and O–H groups in total. The molecule has 0 aliphatic rings. The van der Waals surface area contributed by atoms with Gasteiger partial charge in [-0.2, -0.15) is 5.26 Å². The number of carbonyl (C=O) groups is 1. The number of rotatable bonds is 7. The van der Waals surface area contributed by atoms with Crippen molar-refractivity contribution >= 4 is 5.91 Å². The van der Waals surface area contributed by atoms with E-state index in [-0.39, 0.29) is 5.91 Å². The molecule has 1 aromatic carbocycles. The number of ether oxygens (including phenoxy) is 2. The largest absolute Gasteiger partial charge is 0.493 e. The second kappa shape index (κ2) is 7.53. The summed E-state index contributed by atoms with van der Waals surface area (Å²) < 4.78 is 10.4. The first-order valence-corrected chi connectivity index (χ1v) is 6.97. The highest BCUT2D eigenvalue weighted by Crippen LogP contribution is 2.28. The van der Waals surface area contributed by atoms with E-state index in [4.69, 9.17) is 9.47 Å². The minimum atomic E-state index is -0.948. The van der Waals surface area contributed by atoms with Crippen LogP contribution in [0.2, 0.25) is 0 Å². The molecule has 0 heterocycles. The van der Waals surface area contributed by atoms with Gasteiger partial charge in [0.2, 0.25) is 5.91 Å². The normalized spacial score (nSPS) is 10.6. The minimum absolute atomic E-state index is 0.232. The zero-order chi connectivity index (χ0) is 15.9. The van der Waals surface area contributed by atoms with Crippen molar-refractivity contribution in [1.82, 2.24) is 5.32 Å². The first-order chi connectivity index (χ1) is 10.1. The molecular formula is C16H22N2O3. The van der Waals surface area contributed by atoms with Crippen LogP contribution < -0.4 is 14.8 Å². The van der Waals surface area contributed by atoms with Gasteiger partial charge in [-0.3, -0.25) is 4.79 Å². The molecule has 0 aromatic heterocycles. The van der Waals surface area contributed by atoms with Gasteiger partial charge in [0.15, 0.2) is 11.5 Å². The fourth-order valence-corrected chi connectivity index (χ4v) is 2.12. The molecule has 0 saturated heterocycles. The van der Waals surface area contributed by atoms with Gasteiger partial charge in [-0.15, -0.1) is 0 Å². The maximum Gasteiger partial charge on any atom is 0.240 e. The van der Waals surface area contributed by atoms with Gasteiger partial charge < -0.3 is 14.8 Å². The average Bonchev–Trinajstić information content (AvgIpc) is 2.54. The molecule has 0 aliphatic carbocycles. The molecule has 1 rings (SSSR count). The Bertz CT molecular complexity index is 531. The molecule has 5 nitrogen and oxygen atoms in total. The second-order valence-corrected chi connectivity index (χ2v) is 4.77. The zero-order valence-electron chi connectivity index (χ0n) is 13.0. The van der Waals surface area contributed by atoms with Gasteiger partial charge in [-0.25, -0.2) is 0 Å². The number of nitrogens with one attached hydrogen (secondary N) is 1. The number of hydrogen-bond donors (Lipinski definition) is 1. The zero-order valence-corrected chi connectivity index (χ0v) is 13.0. The Labute approximate surface area is 125 Å². The SMILES string of the molecule is CCC(C#N)(CC)C(=O)NCc1ccc(OC)c(OC)c1. The van der Waals surface area contributed by atoms with Gasteiger partial charge in [0, 0.05) is 6.54 Å². The van der Waals surface area contributed by atoms with E-state index in [1.165, 1.54) is 0 Å².